The van der Waals surface area contributed by atoms with Gasteiger partial charge in [-0.05, 0) is 57.7 Å². The molecule has 1 heterocycles. The summed E-state index contributed by atoms with van der Waals surface area (Å²) in [6.45, 7) is 11.4. The molecule has 0 unspecified atom stereocenters. The summed E-state index contributed by atoms with van der Waals surface area (Å²) < 4.78 is 0. The summed E-state index contributed by atoms with van der Waals surface area (Å²) in [5.74, 6) is 0. The molecule has 0 amide bonds. The van der Waals surface area contributed by atoms with E-state index in [1.54, 1.807) is 0 Å². The van der Waals surface area contributed by atoms with Gasteiger partial charge in [0.2, 0.25) is 0 Å². The second kappa shape index (κ2) is 5.75. The molecule has 2 rings (SSSR count). The van der Waals surface area contributed by atoms with Gasteiger partial charge in [-0.3, -0.25) is 0 Å². The number of likely N-dealkylation sites (tertiary alicyclic amines) is 1. The summed E-state index contributed by atoms with van der Waals surface area (Å²) in [7, 11) is 0. The van der Waals surface area contributed by atoms with Crippen LogP contribution in [0, 0.1) is 13.8 Å². The van der Waals surface area contributed by atoms with E-state index in [2.05, 4.69) is 56.1 Å². The number of nitrogens with zero attached hydrogens (tertiary/aromatic N) is 1. The number of benzene rings is 1. The lowest BCUT2D eigenvalue weighted by atomic mass is 10.0. The van der Waals surface area contributed by atoms with Crippen LogP contribution in [0.1, 0.15) is 37.8 Å². The van der Waals surface area contributed by atoms with Crippen LogP contribution in [-0.4, -0.2) is 30.1 Å². The maximum absolute atomic E-state index is 3.72. The van der Waals surface area contributed by atoms with Crippen LogP contribution < -0.4 is 5.32 Å². The van der Waals surface area contributed by atoms with E-state index in [4.69, 9.17) is 0 Å². The zero-order valence-electron chi connectivity index (χ0n) is 12.2. The molecule has 1 aromatic carbocycles. The first-order chi connectivity index (χ1) is 8.56. The van der Waals surface area contributed by atoms with E-state index in [1.807, 2.05) is 0 Å². The lowest BCUT2D eigenvalue weighted by Gasteiger charge is -2.35. The first-order valence-corrected chi connectivity index (χ1v) is 7.14. The van der Waals surface area contributed by atoms with E-state index in [1.165, 1.54) is 42.7 Å². The lowest BCUT2D eigenvalue weighted by Crippen LogP contribution is -2.42. The molecule has 1 N–H and O–H groups in total. The maximum Gasteiger partial charge on any atom is 0.0374 e. The molecule has 0 bridgehead atoms. The molecule has 0 aliphatic carbocycles. The third kappa shape index (κ3) is 3.26. The van der Waals surface area contributed by atoms with Crippen molar-refractivity contribution in [2.45, 2.75) is 52.6 Å². The van der Waals surface area contributed by atoms with Crippen molar-refractivity contribution in [3.05, 3.63) is 29.3 Å². The van der Waals surface area contributed by atoms with Gasteiger partial charge in [0, 0.05) is 30.9 Å². The molecule has 1 aromatic rings. The number of rotatable bonds is 3. The molecular weight excluding hydrogens is 220 g/mol. The van der Waals surface area contributed by atoms with Gasteiger partial charge in [0.25, 0.3) is 0 Å². The largest absolute Gasteiger partial charge is 0.382 e. The van der Waals surface area contributed by atoms with Crippen molar-refractivity contribution < 1.29 is 0 Å². The summed E-state index contributed by atoms with van der Waals surface area (Å²) in [4.78, 5) is 2.57. The molecule has 1 aliphatic heterocycles. The summed E-state index contributed by atoms with van der Waals surface area (Å²) in [5, 5.41) is 3.72. The number of hydrogen-bond donors (Lipinski definition) is 1. The van der Waals surface area contributed by atoms with E-state index in [0.29, 0.717) is 12.1 Å². The first kappa shape index (κ1) is 13.4. The highest BCUT2D eigenvalue weighted by atomic mass is 15.2. The van der Waals surface area contributed by atoms with E-state index in [-0.39, 0.29) is 0 Å². The third-order valence-electron chi connectivity index (χ3n) is 4.01. The minimum absolute atomic E-state index is 0.639. The molecule has 2 heteroatoms. The quantitative estimate of drug-likeness (QED) is 0.877. The highest BCUT2D eigenvalue weighted by molar-refractivity contribution is 5.53. The van der Waals surface area contributed by atoms with Gasteiger partial charge in [-0.25, -0.2) is 0 Å². The van der Waals surface area contributed by atoms with Crippen molar-refractivity contribution in [1.82, 2.24) is 4.90 Å². The number of piperidine rings is 1. The Bertz CT molecular complexity index is 390. The smallest absolute Gasteiger partial charge is 0.0374 e. The molecule has 2 nitrogen and oxygen atoms in total. The van der Waals surface area contributed by atoms with Crippen molar-refractivity contribution in [1.29, 1.82) is 0 Å². The van der Waals surface area contributed by atoms with Crippen LogP contribution in [-0.2, 0) is 0 Å². The Morgan fingerprint density at radius 1 is 1.17 bits per heavy atom. The summed E-state index contributed by atoms with van der Waals surface area (Å²) in [6.07, 6.45) is 2.51. The van der Waals surface area contributed by atoms with Crippen molar-refractivity contribution in [3.8, 4) is 0 Å². The van der Waals surface area contributed by atoms with Crippen LogP contribution in [0.5, 0.6) is 0 Å². The second-order valence-corrected chi connectivity index (χ2v) is 5.87. The van der Waals surface area contributed by atoms with Crippen LogP contribution in [0.2, 0.25) is 0 Å². The number of anilines is 1. The van der Waals surface area contributed by atoms with E-state index >= 15 is 0 Å². The minimum Gasteiger partial charge on any atom is -0.382 e. The van der Waals surface area contributed by atoms with Crippen molar-refractivity contribution in [3.63, 3.8) is 0 Å². The van der Waals surface area contributed by atoms with Crippen LogP contribution >= 0.6 is 0 Å². The first-order valence-electron chi connectivity index (χ1n) is 7.14. The zero-order valence-corrected chi connectivity index (χ0v) is 12.2. The fourth-order valence-corrected chi connectivity index (χ4v) is 2.67. The Balaban J connectivity index is 1.93. The predicted molar refractivity (Wildman–Crippen MR) is 79.3 cm³/mol. The molecular formula is C16H26N2. The fourth-order valence-electron chi connectivity index (χ4n) is 2.67. The standard InChI is InChI=1S/C16H26N2/c1-12(2)18-9-7-15(8-10-18)17-16-11-13(3)5-6-14(16)4/h5-6,11-12,15,17H,7-10H2,1-4H3. The Morgan fingerprint density at radius 3 is 2.44 bits per heavy atom. The molecule has 0 spiro atoms. The van der Waals surface area contributed by atoms with Crippen LogP contribution in [0.4, 0.5) is 5.69 Å². The Hall–Kier alpha value is -1.02. The van der Waals surface area contributed by atoms with Crippen molar-refractivity contribution in [2.24, 2.45) is 0 Å². The SMILES string of the molecule is Cc1ccc(C)c(NC2CCN(C(C)C)CC2)c1. The normalized spacial score (nSPS) is 18.3. The minimum atomic E-state index is 0.639. The highest BCUT2D eigenvalue weighted by Gasteiger charge is 2.20. The summed E-state index contributed by atoms with van der Waals surface area (Å²) in [5.41, 5.74) is 4.01. The molecule has 100 valence electrons. The molecule has 18 heavy (non-hydrogen) atoms. The molecule has 1 fully saturated rings. The number of hydrogen-bond acceptors (Lipinski definition) is 2. The maximum atomic E-state index is 3.72. The van der Waals surface area contributed by atoms with Gasteiger partial charge in [-0.1, -0.05) is 12.1 Å². The number of aryl methyl sites for hydroxylation is 2. The van der Waals surface area contributed by atoms with E-state index in [0.717, 1.165) is 0 Å². The van der Waals surface area contributed by atoms with Crippen LogP contribution in [0.25, 0.3) is 0 Å². The van der Waals surface area contributed by atoms with Crippen molar-refractivity contribution >= 4 is 5.69 Å². The van der Waals surface area contributed by atoms with Gasteiger partial charge >= 0.3 is 0 Å². The molecule has 1 saturated heterocycles. The summed E-state index contributed by atoms with van der Waals surface area (Å²) >= 11 is 0. The Morgan fingerprint density at radius 2 is 1.83 bits per heavy atom. The molecule has 0 aromatic heterocycles. The van der Waals surface area contributed by atoms with E-state index < -0.39 is 0 Å². The van der Waals surface area contributed by atoms with Gasteiger partial charge in [0.1, 0.15) is 0 Å². The molecule has 1 aliphatic rings. The lowest BCUT2D eigenvalue weighted by molar-refractivity contribution is 0.177. The Labute approximate surface area is 111 Å². The number of nitrogens with one attached hydrogen (secondary N) is 1. The average Bonchev–Trinajstić information content (AvgIpc) is 2.34. The highest BCUT2D eigenvalue weighted by Crippen LogP contribution is 2.21. The molecule has 0 saturated carbocycles. The van der Waals surface area contributed by atoms with E-state index in [9.17, 15) is 0 Å². The van der Waals surface area contributed by atoms with Gasteiger partial charge in [0.15, 0.2) is 0 Å². The summed E-state index contributed by atoms with van der Waals surface area (Å²) in [6, 6.07) is 7.99. The monoisotopic (exact) mass is 246 g/mol. The van der Waals surface area contributed by atoms with Crippen molar-refractivity contribution in [2.75, 3.05) is 18.4 Å². The van der Waals surface area contributed by atoms with Gasteiger partial charge < -0.3 is 10.2 Å². The Kier molecular flexibility index (Phi) is 4.28. The van der Waals surface area contributed by atoms with Gasteiger partial charge in [0.05, 0.1) is 0 Å². The molecule has 0 radical (unpaired) electrons. The average molecular weight is 246 g/mol. The second-order valence-electron chi connectivity index (χ2n) is 5.87. The van der Waals surface area contributed by atoms with Crippen LogP contribution in [0.15, 0.2) is 18.2 Å². The van der Waals surface area contributed by atoms with Crippen LogP contribution in [0.3, 0.4) is 0 Å². The third-order valence-corrected chi connectivity index (χ3v) is 4.01. The zero-order chi connectivity index (χ0) is 13.1. The molecule has 0 atom stereocenters. The van der Waals surface area contributed by atoms with Gasteiger partial charge in [-0.15, -0.1) is 0 Å². The topological polar surface area (TPSA) is 15.3 Å². The van der Waals surface area contributed by atoms with Gasteiger partial charge in [-0.2, -0.15) is 0 Å². The predicted octanol–water partition coefficient (Wildman–Crippen LogP) is 3.59. The fraction of sp³-hybridized carbons (Fsp3) is 0.625.